The van der Waals surface area contributed by atoms with Gasteiger partial charge in [0.15, 0.2) is 5.75 Å². The zero-order chi connectivity index (χ0) is 31.5. The molecule has 0 amide bonds. The van der Waals surface area contributed by atoms with Gasteiger partial charge in [0.25, 0.3) is 0 Å². The van der Waals surface area contributed by atoms with Crippen molar-refractivity contribution in [3.63, 3.8) is 0 Å². The second-order valence-electron chi connectivity index (χ2n) is 11.0. The van der Waals surface area contributed by atoms with Crippen LogP contribution in [-0.2, 0) is 21.3 Å². The molecule has 230 valence electrons. The number of benzene rings is 3. The molecule has 4 aromatic rings. The maximum absolute atomic E-state index is 16.0. The van der Waals surface area contributed by atoms with Gasteiger partial charge in [-0.15, -0.1) is 0 Å². The Labute approximate surface area is 251 Å². The zero-order valence-electron chi connectivity index (χ0n) is 24.1. The van der Waals surface area contributed by atoms with E-state index in [-0.39, 0.29) is 51.7 Å². The molecule has 0 spiro atoms. The molecule has 44 heavy (non-hydrogen) atoms. The van der Waals surface area contributed by atoms with Gasteiger partial charge in [-0.3, -0.25) is 4.79 Å². The smallest absolute Gasteiger partial charge is 0.387 e. The normalized spacial score (nSPS) is 16.8. The standard InChI is InChI=1S/C32H29F3N2O6S/c1-4-42-31(39)25-16-36(21-9-10-21)28-24(29(25)38)14-26(33)27(30(28)43-32(34)35)19-7-8-20-15-37(18(3)23(20)13-19)44(40,41)22-11-5-17(2)6-12-22/h5-8,11-14,16,18,21,32H,4,9-10,15H2,1-3H3. The van der Waals surface area contributed by atoms with Crippen molar-refractivity contribution in [2.75, 3.05) is 6.61 Å². The fourth-order valence-electron chi connectivity index (χ4n) is 5.80. The van der Waals surface area contributed by atoms with Crippen molar-refractivity contribution in [3.05, 3.63) is 93.0 Å². The number of pyridine rings is 1. The predicted molar refractivity (Wildman–Crippen MR) is 157 cm³/mol. The third-order valence-electron chi connectivity index (χ3n) is 8.14. The Bertz CT molecular complexity index is 1970. The van der Waals surface area contributed by atoms with Gasteiger partial charge in [-0.05, 0) is 74.6 Å². The van der Waals surface area contributed by atoms with E-state index >= 15 is 4.39 Å². The van der Waals surface area contributed by atoms with E-state index in [1.165, 1.54) is 33.3 Å². The maximum Gasteiger partial charge on any atom is 0.387 e. The lowest BCUT2D eigenvalue weighted by Gasteiger charge is -2.22. The summed E-state index contributed by atoms with van der Waals surface area (Å²) in [5.74, 6) is -2.44. The molecule has 0 saturated heterocycles. The van der Waals surface area contributed by atoms with Crippen molar-refractivity contribution in [3.8, 4) is 16.9 Å². The van der Waals surface area contributed by atoms with Crippen molar-refractivity contribution < 1.29 is 35.9 Å². The number of carbonyl (C=O) groups is 1. The summed E-state index contributed by atoms with van der Waals surface area (Å²) >= 11 is 0. The summed E-state index contributed by atoms with van der Waals surface area (Å²) in [5.41, 5.74) is 0.799. The highest BCUT2D eigenvalue weighted by Gasteiger charge is 2.37. The Hall–Kier alpha value is -4.16. The van der Waals surface area contributed by atoms with Crippen molar-refractivity contribution in [2.24, 2.45) is 0 Å². The summed E-state index contributed by atoms with van der Waals surface area (Å²) in [6.45, 7) is 1.87. The molecular formula is C32H29F3N2O6S. The Morgan fingerprint density at radius 1 is 1.09 bits per heavy atom. The first-order valence-electron chi connectivity index (χ1n) is 14.2. The minimum absolute atomic E-state index is 0.00722. The SMILES string of the molecule is CCOC(=O)c1cn(C2CC2)c2c(OC(F)F)c(-c3ccc4c(c3)C(C)N(S(=O)(=O)c3ccc(C)cc3)C4)c(F)cc2c1=O. The molecule has 0 bridgehead atoms. The number of halogens is 3. The molecule has 1 aromatic heterocycles. The molecule has 1 fully saturated rings. The quantitative estimate of drug-likeness (QED) is 0.208. The predicted octanol–water partition coefficient (Wildman–Crippen LogP) is 6.49. The number of ether oxygens (including phenoxy) is 2. The number of hydrogen-bond acceptors (Lipinski definition) is 6. The van der Waals surface area contributed by atoms with Gasteiger partial charge in [0, 0.05) is 24.8 Å². The van der Waals surface area contributed by atoms with Gasteiger partial charge in [0.1, 0.15) is 11.4 Å². The number of alkyl halides is 2. The van der Waals surface area contributed by atoms with E-state index in [2.05, 4.69) is 0 Å². The Kier molecular flexibility index (Phi) is 7.53. The van der Waals surface area contributed by atoms with Crippen LogP contribution in [0.15, 0.2) is 64.4 Å². The minimum atomic E-state index is -3.88. The lowest BCUT2D eigenvalue weighted by Crippen LogP contribution is -2.28. The minimum Gasteiger partial charge on any atom is -0.462 e. The molecule has 1 unspecified atom stereocenters. The van der Waals surface area contributed by atoms with E-state index in [1.807, 2.05) is 6.92 Å². The Morgan fingerprint density at radius 3 is 2.43 bits per heavy atom. The molecule has 1 atom stereocenters. The van der Waals surface area contributed by atoms with E-state index in [0.29, 0.717) is 24.0 Å². The number of sulfonamides is 1. The van der Waals surface area contributed by atoms with Crippen LogP contribution in [0.4, 0.5) is 13.2 Å². The zero-order valence-corrected chi connectivity index (χ0v) is 25.0. The lowest BCUT2D eigenvalue weighted by molar-refractivity contribution is -0.0487. The highest BCUT2D eigenvalue weighted by atomic mass is 32.2. The largest absolute Gasteiger partial charge is 0.462 e. The monoisotopic (exact) mass is 626 g/mol. The van der Waals surface area contributed by atoms with Gasteiger partial charge >= 0.3 is 12.6 Å². The van der Waals surface area contributed by atoms with Crippen molar-refractivity contribution in [2.45, 2.75) is 63.7 Å². The van der Waals surface area contributed by atoms with Crippen LogP contribution in [0.5, 0.6) is 5.75 Å². The van der Waals surface area contributed by atoms with Gasteiger partial charge in [-0.2, -0.15) is 13.1 Å². The third kappa shape index (κ3) is 5.05. The molecule has 6 rings (SSSR count). The van der Waals surface area contributed by atoms with E-state index in [0.717, 1.165) is 11.6 Å². The van der Waals surface area contributed by atoms with Gasteiger partial charge in [-0.25, -0.2) is 17.6 Å². The van der Waals surface area contributed by atoms with Crippen LogP contribution in [0.1, 0.15) is 65.8 Å². The average molecular weight is 627 g/mol. The molecule has 12 heteroatoms. The number of fused-ring (bicyclic) bond motifs is 2. The molecule has 1 saturated carbocycles. The van der Waals surface area contributed by atoms with Gasteiger partial charge in [0.2, 0.25) is 15.5 Å². The highest BCUT2D eigenvalue weighted by Crippen LogP contribution is 2.46. The second-order valence-corrected chi connectivity index (χ2v) is 12.9. The molecule has 0 N–H and O–H groups in total. The second kappa shape index (κ2) is 11.1. The number of carbonyl (C=O) groups excluding carboxylic acids is 1. The summed E-state index contributed by atoms with van der Waals surface area (Å²) in [7, 11) is -3.88. The summed E-state index contributed by atoms with van der Waals surface area (Å²) in [6.07, 6.45) is 2.57. The van der Waals surface area contributed by atoms with Gasteiger partial charge < -0.3 is 14.0 Å². The topological polar surface area (TPSA) is 94.9 Å². The number of aromatic nitrogens is 1. The number of aryl methyl sites for hydroxylation is 1. The first-order valence-corrected chi connectivity index (χ1v) is 15.6. The summed E-state index contributed by atoms with van der Waals surface area (Å²) < 4.78 is 83.6. The van der Waals surface area contributed by atoms with E-state index in [4.69, 9.17) is 9.47 Å². The van der Waals surface area contributed by atoms with Crippen LogP contribution < -0.4 is 10.2 Å². The molecule has 3 aromatic carbocycles. The summed E-state index contributed by atoms with van der Waals surface area (Å²) in [4.78, 5) is 26.0. The Balaban J connectivity index is 1.51. The molecule has 1 aliphatic carbocycles. The molecule has 1 aliphatic heterocycles. The third-order valence-corrected chi connectivity index (χ3v) is 10.1. The van der Waals surface area contributed by atoms with E-state index in [9.17, 15) is 26.8 Å². The van der Waals surface area contributed by atoms with Crippen molar-refractivity contribution in [1.82, 2.24) is 8.87 Å². The molecular weight excluding hydrogens is 597 g/mol. The van der Waals surface area contributed by atoms with Gasteiger partial charge in [-0.1, -0.05) is 29.8 Å². The molecule has 2 aliphatic rings. The molecule has 2 heterocycles. The molecule has 0 radical (unpaired) electrons. The summed E-state index contributed by atoms with van der Waals surface area (Å²) in [5, 5.41) is -0.288. The number of nitrogens with zero attached hydrogens (tertiary/aromatic N) is 2. The van der Waals surface area contributed by atoms with Crippen LogP contribution in [-0.4, -0.2) is 36.5 Å². The molecule has 8 nitrogen and oxygen atoms in total. The number of hydrogen-bond donors (Lipinski definition) is 0. The number of esters is 1. The van der Waals surface area contributed by atoms with Crippen LogP contribution in [0.25, 0.3) is 22.0 Å². The highest BCUT2D eigenvalue weighted by molar-refractivity contribution is 7.89. The average Bonchev–Trinajstić information content (AvgIpc) is 3.76. The number of rotatable bonds is 8. The van der Waals surface area contributed by atoms with Crippen molar-refractivity contribution in [1.29, 1.82) is 0 Å². The van der Waals surface area contributed by atoms with E-state index < -0.39 is 45.6 Å². The Morgan fingerprint density at radius 2 is 1.80 bits per heavy atom. The van der Waals surface area contributed by atoms with Gasteiger partial charge in [0.05, 0.1) is 28.0 Å². The van der Waals surface area contributed by atoms with Crippen LogP contribution in [0.2, 0.25) is 0 Å². The van der Waals surface area contributed by atoms with Crippen LogP contribution in [0.3, 0.4) is 0 Å². The van der Waals surface area contributed by atoms with E-state index in [1.54, 1.807) is 38.1 Å². The summed E-state index contributed by atoms with van der Waals surface area (Å²) in [6, 6.07) is 11.3. The first kappa shape index (κ1) is 29.9. The maximum atomic E-state index is 16.0. The fraction of sp³-hybridized carbons (Fsp3) is 0.312. The lowest BCUT2D eigenvalue weighted by atomic mass is 9.95. The first-order chi connectivity index (χ1) is 20.9. The van der Waals surface area contributed by atoms with Crippen LogP contribution >= 0.6 is 0 Å². The van der Waals surface area contributed by atoms with Crippen molar-refractivity contribution >= 4 is 26.9 Å². The van der Waals surface area contributed by atoms with Crippen LogP contribution in [0, 0.1) is 12.7 Å². The fourth-order valence-corrected chi connectivity index (χ4v) is 7.39.